The Kier molecular flexibility index (Phi) is 7.91. The summed E-state index contributed by atoms with van der Waals surface area (Å²) in [6.07, 6.45) is 3.95. The predicted octanol–water partition coefficient (Wildman–Crippen LogP) is 3.28. The third-order valence-electron chi connectivity index (χ3n) is 3.67. The fourth-order valence-corrected chi connectivity index (χ4v) is 2.54. The van der Waals surface area contributed by atoms with E-state index in [1.54, 1.807) is 25.1 Å². The summed E-state index contributed by atoms with van der Waals surface area (Å²) in [4.78, 5) is 4.52. The average Bonchev–Trinajstić information content (AvgIpc) is 3.04. The summed E-state index contributed by atoms with van der Waals surface area (Å²) in [5.41, 5.74) is 1.64. The number of hydrogen-bond acceptors (Lipinski definition) is 3. The molecule has 1 aromatic heterocycles. The number of aromatic nitrogens is 1. The molecule has 2 N–H and O–H groups in total. The summed E-state index contributed by atoms with van der Waals surface area (Å²) in [6, 6.07) is 7.06. The molecule has 148 valence electrons. The highest BCUT2D eigenvalue weighted by molar-refractivity contribution is 5.79. The van der Waals surface area contributed by atoms with Gasteiger partial charge in [-0.15, -0.1) is 0 Å². The quantitative estimate of drug-likeness (QED) is 0.518. The van der Waals surface area contributed by atoms with Gasteiger partial charge in [0.2, 0.25) is 0 Å². The maximum atomic E-state index is 12.8. The first-order valence-electron chi connectivity index (χ1n) is 8.86. The lowest BCUT2D eigenvalue weighted by molar-refractivity contribution is -0.0520. The van der Waals surface area contributed by atoms with E-state index in [1.807, 2.05) is 37.0 Å². The van der Waals surface area contributed by atoms with Crippen LogP contribution in [0.4, 0.5) is 8.78 Å². The highest BCUT2D eigenvalue weighted by atomic mass is 19.3. The van der Waals surface area contributed by atoms with Gasteiger partial charge in [-0.05, 0) is 31.5 Å². The lowest BCUT2D eigenvalue weighted by Crippen LogP contribution is -2.36. The van der Waals surface area contributed by atoms with Crippen LogP contribution in [0.5, 0.6) is 11.5 Å². The lowest BCUT2D eigenvalue weighted by atomic mass is 10.2. The third-order valence-corrected chi connectivity index (χ3v) is 3.67. The molecule has 8 heteroatoms. The Labute approximate surface area is 158 Å². The van der Waals surface area contributed by atoms with Crippen LogP contribution < -0.4 is 20.1 Å². The molecule has 0 amide bonds. The molecule has 27 heavy (non-hydrogen) atoms. The average molecular weight is 380 g/mol. The van der Waals surface area contributed by atoms with E-state index in [2.05, 4.69) is 15.6 Å². The highest BCUT2D eigenvalue weighted by Gasteiger charge is 2.16. The van der Waals surface area contributed by atoms with Crippen molar-refractivity contribution in [1.29, 1.82) is 0 Å². The highest BCUT2D eigenvalue weighted by Crippen LogP contribution is 2.32. The maximum Gasteiger partial charge on any atom is 0.387 e. The van der Waals surface area contributed by atoms with E-state index in [0.29, 0.717) is 37.0 Å². The lowest BCUT2D eigenvalue weighted by Gasteiger charge is -2.17. The molecular weight excluding hydrogens is 354 g/mol. The summed E-state index contributed by atoms with van der Waals surface area (Å²) in [7, 11) is 1.95. The number of para-hydroxylation sites is 1. The summed E-state index contributed by atoms with van der Waals surface area (Å²) in [5, 5.41) is 6.29. The van der Waals surface area contributed by atoms with Crippen molar-refractivity contribution >= 4 is 5.96 Å². The Bertz CT molecular complexity index is 747. The normalized spacial score (nSPS) is 11.6. The van der Waals surface area contributed by atoms with Crippen LogP contribution in [0.15, 0.2) is 41.7 Å². The number of ether oxygens (including phenoxy) is 2. The molecule has 0 unspecified atom stereocenters. The zero-order chi connectivity index (χ0) is 19.6. The molecule has 6 nitrogen and oxygen atoms in total. The van der Waals surface area contributed by atoms with Gasteiger partial charge in [0.15, 0.2) is 17.5 Å². The number of halogens is 2. The summed E-state index contributed by atoms with van der Waals surface area (Å²) < 4.78 is 37.7. The van der Waals surface area contributed by atoms with Crippen LogP contribution in [0.1, 0.15) is 25.0 Å². The van der Waals surface area contributed by atoms with Gasteiger partial charge >= 0.3 is 6.61 Å². The summed E-state index contributed by atoms with van der Waals surface area (Å²) >= 11 is 0. The first-order valence-corrected chi connectivity index (χ1v) is 8.86. The van der Waals surface area contributed by atoms with Gasteiger partial charge in [0.25, 0.3) is 0 Å². The van der Waals surface area contributed by atoms with Crippen LogP contribution in [0.2, 0.25) is 0 Å². The van der Waals surface area contributed by atoms with E-state index in [4.69, 9.17) is 9.47 Å². The smallest absolute Gasteiger partial charge is 0.387 e. The zero-order valence-corrected chi connectivity index (χ0v) is 15.8. The van der Waals surface area contributed by atoms with Crippen LogP contribution >= 0.6 is 0 Å². The van der Waals surface area contributed by atoms with Gasteiger partial charge in [-0.2, -0.15) is 8.78 Å². The first-order chi connectivity index (χ1) is 13.0. The van der Waals surface area contributed by atoms with Crippen molar-refractivity contribution in [2.45, 2.75) is 33.5 Å². The fraction of sp³-hybridized carbons (Fsp3) is 0.421. The molecular formula is C19H26F2N4O2. The predicted molar refractivity (Wildman–Crippen MR) is 101 cm³/mol. The summed E-state index contributed by atoms with van der Waals surface area (Å²) in [6.45, 7) is 2.64. The van der Waals surface area contributed by atoms with Crippen LogP contribution in [0, 0.1) is 0 Å². The van der Waals surface area contributed by atoms with Crippen molar-refractivity contribution in [2.24, 2.45) is 12.0 Å². The second-order valence-corrected chi connectivity index (χ2v) is 5.79. The number of nitrogens with one attached hydrogen (secondary N) is 2. The molecule has 0 aliphatic carbocycles. The van der Waals surface area contributed by atoms with E-state index >= 15 is 0 Å². The van der Waals surface area contributed by atoms with E-state index in [1.165, 1.54) is 0 Å². The minimum absolute atomic E-state index is 0.0424. The Balaban J connectivity index is 2.12. The van der Waals surface area contributed by atoms with Crippen LogP contribution in [0.3, 0.4) is 0 Å². The van der Waals surface area contributed by atoms with Crippen molar-refractivity contribution in [3.05, 3.63) is 47.8 Å². The van der Waals surface area contributed by atoms with Gasteiger partial charge in [0.05, 0.1) is 13.2 Å². The van der Waals surface area contributed by atoms with E-state index in [9.17, 15) is 8.78 Å². The Morgan fingerprint density at radius 2 is 2.04 bits per heavy atom. The van der Waals surface area contributed by atoms with E-state index in [-0.39, 0.29) is 12.3 Å². The van der Waals surface area contributed by atoms with Gasteiger partial charge in [-0.1, -0.05) is 12.1 Å². The molecule has 1 aromatic carbocycles. The second-order valence-electron chi connectivity index (χ2n) is 5.79. The molecule has 0 aliphatic rings. The molecule has 0 aliphatic heterocycles. The van der Waals surface area contributed by atoms with Gasteiger partial charge in [-0.25, -0.2) is 4.99 Å². The largest absolute Gasteiger partial charge is 0.490 e. The van der Waals surface area contributed by atoms with Crippen molar-refractivity contribution < 1.29 is 18.3 Å². The van der Waals surface area contributed by atoms with Crippen molar-refractivity contribution in [3.63, 3.8) is 0 Å². The molecule has 2 aromatic rings. The molecule has 0 saturated heterocycles. The molecule has 0 radical (unpaired) electrons. The van der Waals surface area contributed by atoms with E-state index < -0.39 is 6.61 Å². The Hall–Kier alpha value is -2.77. The fourth-order valence-electron chi connectivity index (χ4n) is 2.54. The number of aliphatic imine (C=N–C) groups is 1. The number of alkyl halides is 2. The number of aryl methyl sites for hydroxylation is 1. The number of benzene rings is 1. The van der Waals surface area contributed by atoms with Crippen molar-refractivity contribution in [3.8, 4) is 11.5 Å². The minimum atomic E-state index is -2.93. The van der Waals surface area contributed by atoms with Crippen molar-refractivity contribution in [1.82, 2.24) is 15.2 Å². The number of hydrogen-bond donors (Lipinski definition) is 2. The second kappa shape index (κ2) is 10.4. The van der Waals surface area contributed by atoms with Crippen molar-refractivity contribution in [2.75, 3.05) is 13.2 Å². The zero-order valence-electron chi connectivity index (χ0n) is 15.8. The first kappa shape index (κ1) is 20.5. The third kappa shape index (κ3) is 6.47. The molecule has 2 rings (SSSR count). The minimum Gasteiger partial charge on any atom is -0.490 e. The molecule has 0 atom stereocenters. The van der Waals surface area contributed by atoms with Gasteiger partial charge in [-0.3, -0.25) is 0 Å². The SMILES string of the molecule is CCNC(=NCc1ccn(C)c1)NCc1cccc(OCC)c1OC(F)F. The van der Waals surface area contributed by atoms with Gasteiger partial charge < -0.3 is 24.7 Å². The Morgan fingerprint density at radius 1 is 1.22 bits per heavy atom. The van der Waals surface area contributed by atoms with E-state index in [0.717, 1.165) is 5.56 Å². The van der Waals surface area contributed by atoms with Gasteiger partial charge in [0, 0.05) is 38.1 Å². The Morgan fingerprint density at radius 3 is 2.67 bits per heavy atom. The summed E-state index contributed by atoms with van der Waals surface area (Å²) in [5.74, 6) is 0.926. The number of rotatable bonds is 9. The number of guanidine groups is 1. The molecule has 1 heterocycles. The molecule has 0 saturated carbocycles. The maximum absolute atomic E-state index is 12.8. The topological polar surface area (TPSA) is 59.8 Å². The van der Waals surface area contributed by atoms with Crippen LogP contribution in [-0.4, -0.2) is 30.3 Å². The van der Waals surface area contributed by atoms with Crippen LogP contribution in [0.25, 0.3) is 0 Å². The molecule has 0 spiro atoms. The number of nitrogens with zero attached hydrogens (tertiary/aromatic N) is 2. The molecule has 0 bridgehead atoms. The van der Waals surface area contributed by atoms with Gasteiger partial charge in [0.1, 0.15) is 0 Å². The molecule has 0 fully saturated rings. The van der Waals surface area contributed by atoms with Crippen LogP contribution in [-0.2, 0) is 20.1 Å². The standard InChI is InChI=1S/C19H26F2N4O2/c1-4-22-19(23-11-14-9-10-25(3)13-14)24-12-15-7-6-8-16(26-5-2)17(15)27-18(20)21/h6-10,13,18H,4-5,11-12H2,1-3H3,(H2,22,23,24). The monoisotopic (exact) mass is 380 g/mol.